The van der Waals surface area contributed by atoms with E-state index in [9.17, 15) is 4.79 Å². The highest BCUT2D eigenvalue weighted by atomic mass is 32.2. The lowest BCUT2D eigenvalue weighted by atomic mass is 9.86. The molecule has 2 aliphatic rings. The van der Waals surface area contributed by atoms with E-state index >= 15 is 0 Å². The standard InChI is InChI=1S/C15H24N4OS/c1-10-5-3-4-6-13(10)16-14(20)9-21-15-18-17-11(2)19(15)12-7-8-12/h10,12-13H,3-9H2,1-2H3,(H,16,20)/t10-,13-/m0/s1. The zero-order chi connectivity index (χ0) is 14.8. The summed E-state index contributed by atoms with van der Waals surface area (Å²) in [6.07, 6.45) is 7.29. The number of hydrogen-bond donors (Lipinski definition) is 1. The quantitative estimate of drug-likeness (QED) is 0.850. The highest BCUT2D eigenvalue weighted by Gasteiger charge is 2.29. The van der Waals surface area contributed by atoms with Crippen LogP contribution in [0.15, 0.2) is 5.16 Å². The van der Waals surface area contributed by atoms with Crippen LogP contribution in [0.4, 0.5) is 0 Å². The van der Waals surface area contributed by atoms with Gasteiger partial charge in [0, 0.05) is 12.1 Å². The number of aromatic nitrogens is 3. The molecular formula is C15H24N4OS. The Balaban J connectivity index is 1.51. The van der Waals surface area contributed by atoms with Gasteiger partial charge in [0.05, 0.1) is 5.75 Å². The van der Waals surface area contributed by atoms with Crippen molar-refractivity contribution >= 4 is 17.7 Å². The van der Waals surface area contributed by atoms with Crippen molar-refractivity contribution in [3.8, 4) is 0 Å². The monoisotopic (exact) mass is 308 g/mol. The van der Waals surface area contributed by atoms with Crippen molar-refractivity contribution in [2.75, 3.05) is 5.75 Å². The van der Waals surface area contributed by atoms with Crippen LogP contribution in [-0.4, -0.2) is 32.5 Å². The van der Waals surface area contributed by atoms with E-state index in [2.05, 4.69) is 27.0 Å². The topological polar surface area (TPSA) is 59.8 Å². The lowest BCUT2D eigenvalue weighted by Gasteiger charge is -2.29. The second kappa shape index (κ2) is 6.38. The van der Waals surface area contributed by atoms with Crippen LogP contribution >= 0.6 is 11.8 Å². The predicted molar refractivity (Wildman–Crippen MR) is 83.3 cm³/mol. The molecule has 0 aromatic carbocycles. The molecule has 2 aliphatic carbocycles. The highest BCUT2D eigenvalue weighted by Crippen LogP contribution is 2.38. The van der Waals surface area contributed by atoms with Gasteiger partial charge in [0.15, 0.2) is 5.16 Å². The molecule has 116 valence electrons. The number of amides is 1. The Morgan fingerprint density at radius 1 is 1.29 bits per heavy atom. The van der Waals surface area contributed by atoms with E-state index in [-0.39, 0.29) is 5.91 Å². The molecule has 0 radical (unpaired) electrons. The molecule has 2 fully saturated rings. The predicted octanol–water partition coefficient (Wildman–Crippen LogP) is 2.71. The van der Waals surface area contributed by atoms with Gasteiger partial charge in [-0.15, -0.1) is 10.2 Å². The van der Waals surface area contributed by atoms with Crippen molar-refractivity contribution in [1.82, 2.24) is 20.1 Å². The van der Waals surface area contributed by atoms with Gasteiger partial charge in [-0.1, -0.05) is 31.5 Å². The Labute approximate surface area is 130 Å². The van der Waals surface area contributed by atoms with E-state index in [1.54, 1.807) is 0 Å². The summed E-state index contributed by atoms with van der Waals surface area (Å²) in [6.45, 7) is 4.23. The third-order valence-electron chi connectivity index (χ3n) is 4.54. The lowest BCUT2D eigenvalue weighted by Crippen LogP contribution is -2.41. The van der Waals surface area contributed by atoms with Crippen LogP contribution in [0.5, 0.6) is 0 Å². The Bertz CT molecular complexity index is 512. The number of nitrogens with zero attached hydrogens (tertiary/aromatic N) is 3. The van der Waals surface area contributed by atoms with Crippen LogP contribution in [0.25, 0.3) is 0 Å². The Kier molecular flexibility index (Phi) is 4.52. The molecule has 2 saturated carbocycles. The Hall–Kier alpha value is -1.04. The van der Waals surface area contributed by atoms with Gasteiger partial charge in [0.1, 0.15) is 5.82 Å². The minimum atomic E-state index is 0.127. The average Bonchev–Trinajstić information content (AvgIpc) is 3.23. The number of thioether (sulfide) groups is 1. The van der Waals surface area contributed by atoms with Crippen LogP contribution < -0.4 is 5.32 Å². The molecule has 1 heterocycles. The maximum atomic E-state index is 12.1. The molecule has 1 amide bonds. The fourth-order valence-corrected chi connectivity index (χ4v) is 3.97. The van der Waals surface area contributed by atoms with Crippen LogP contribution in [-0.2, 0) is 4.79 Å². The first-order valence-electron chi connectivity index (χ1n) is 7.99. The average molecular weight is 308 g/mol. The van der Waals surface area contributed by atoms with Gasteiger partial charge in [0.25, 0.3) is 0 Å². The molecular weight excluding hydrogens is 284 g/mol. The molecule has 3 rings (SSSR count). The first kappa shape index (κ1) is 14.9. The summed E-state index contributed by atoms with van der Waals surface area (Å²) >= 11 is 1.51. The minimum absolute atomic E-state index is 0.127. The largest absolute Gasteiger partial charge is 0.352 e. The summed E-state index contributed by atoms with van der Waals surface area (Å²) in [5, 5.41) is 12.4. The Morgan fingerprint density at radius 2 is 2.05 bits per heavy atom. The van der Waals surface area contributed by atoms with Crippen LogP contribution in [0, 0.1) is 12.8 Å². The summed E-state index contributed by atoms with van der Waals surface area (Å²) in [6, 6.07) is 0.916. The first-order valence-corrected chi connectivity index (χ1v) is 8.97. The lowest BCUT2D eigenvalue weighted by molar-refractivity contribution is -0.119. The van der Waals surface area contributed by atoms with Gasteiger partial charge in [-0.05, 0) is 38.5 Å². The third kappa shape index (κ3) is 3.59. The SMILES string of the molecule is Cc1nnc(SCC(=O)N[C@H]2CCCC[C@@H]2C)n1C1CC1. The van der Waals surface area contributed by atoms with E-state index in [0.29, 0.717) is 23.8 Å². The normalized spacial score (nSPS) is 25.8. The van der Waals surface area contributed by atoms with E-state index in [1.807, 2.05) is 6.92 Å². The molecule has 0 saturated heterocycles. The highest BCUT2D eigenvalue weighted by molar-refractivity contribution is 7.99. The van der Waals surface area contributed by atoms with Gasteiger partial charge in [-0.3, -0.25) is 4.79 Å². The zero-order valence-corrected chi connectivity index (χ0v) is 13.7. The summed E-state index contributed by atoms with van der Waals surface area (Å²) in [4.78, 5) is 12.1. The number of nitrogens with one attached hydrogen (secondary N) is 1. The van der Waals surface area contributed by atoms with Gasteiger partial charge < -0.3 is 9.88 Å². The number of aryl methyl sites for hydroxylation is 1. The summed E-state index contributed by atoms with van der Waals surface area (Å²) in [5.41, 5.74) is 0. The van der Waals surface area contributed by atoms with Crippen molar-refractivity contribution in [2.24, 2.45) is 5.92 Å². The van der Waals surface area contributed by atoms with Crippen LogP contribution in [0.3, 0.4) is 0 Å². The fraction of sp³-hybridized carbons (Fsp3) is 0.800. The molecule has 0 unspecified atom stereocenters. The second-order valence-electron chi connectivity index (χ2n) is 6.36. The summed E-state index contributed by atoms with van der Waals surface area (Å²) in [7, 11) is 0. The fourth-order valence-electron chi connectivity index (χ4n) is 3.11. The molecule has 0 bridgehead atoms. The Morgan fingerprint density at radius 3 is 2.76 bits per heavy atom. The number of hydrogen-bond acceptors (Lipinski definition) is 4. The van der Waals surface area contributed by atoms with Crippen molar-refractivity contribution in [1.29, 1.82) is 0 Å². The molecule has 1 aromatic heterocycles. The number of carbonyl (C=O) groups is 1. The molecule has 21 heavy (non-hydrogen) atoms. The van der Waals surface area contributed by atoms with Gasteiger partial charge in [0.2, 0.25) is 5.91 Å². The van der Waals surface area contributed by atoms with Crippen LogP contribution in [0.1, 0.15) is 57.3 Å². The third-order valence-corrected chi connectivity index (χ3v) is 5.48. The van der Waals surface area contributed by atoms with Crippen molar-refractivity contribution in [2.45, 2.75) is 69.6 Å². The van der Waals surface area contributed by atoms with Gasteiger partial charge >= 0.3 is 0 Å². The van der Waals surface area contributed by atoms with Crippen LogP contribution in [0.2, 0.25) is 0 Å². The van der Waals surface area contributed by atoms with Gasteiger partial charge in [-0.2, -0.15) is 0 Å². The van der Waals surface area contributed by atoms with Crippen molar-refractivity contribution in [3.63, 3.8) is 0 Å². The maximum Gasteiger partial charge on any atom is 0.230 e. The molecule has 1 aromatic rings. The molecule has 0 aliphatic heterocycles. The molecule has 1 N–H and O–H groups in total. The summed E-state index contributed by atoms with van der Waals surface area (Å²) < 4.78 is 2.18. The van der Waals surface area contributed by atoms with E-state index in [0.717, 1.165) is 17.4 Å². The minimum Gasteiger partial charge on any atom is -0.352 e. The zero-order valence-electron chi connectivity index (χ0n) is 12.8. The van der Waals surface area contributed by atoms with Gasteiger partial charge in [-0.25, -0.2) is 0 Å². The first-order chi connectivity index (χ1) is 10.1. The molecule has 0 spiro atoms. The van der Waals surface area contributed by atoms with E-state index in [4.69, 9.17) is 0 Å². The van der Waals surface area contributed by atoms with Crippen molar-refractivity contribution < 1.29 is 4.79 Å². The second-order valence-corrected chi connectivity index (χ2v) is 7.30. The molecule has 6 heteroatoms. The molecule has 5 nitrogen and oxygen atoms in total. The summed E-state index contributed by atoms with van der Waals surface area (Å²) in [5.74, 6) is 2.13. The smallest absolute Gasteiger partial charge is 0.230 e. The maximum absolute atomic E-state index is 12.1. The number of carbonyl (C=O) groups excluding carboxylic acids is 1. The van der Waals surface area contributed by atoms with E-state index in [1.165, 1.54) is 43.9 Å². The number of rotatable bonds is 5. The van der Waals surface area contributed by atoms with E-state index < -0.39 is 0 Å². The van der Waals surface area contributed by atoms with Crippen molar-refractivity contribution in [3.05, 3.63) is 5.82 Å². The molecule has 2 atom stereocenters.